The highest BCUT2D eigenvalue weighted by atomic mass is 16.3. The molecular formula is C15H14N6O. The molecule has 0 atom stereocenters. The Morgan fingerprint density at radius 3 is 2.18 bits per heavy atom. The van der Waals surface area contributed by atoms with Gasteiger partial charge in [-0.25, -0.2) is 5.84 Å². The van der Waals surface area contributed by atoms with Crippen molar-refractivity contribution in [2.75, 3.05) is 5.43 Å². The fourth-order valence-electron chi connectivity index (χ4n) is 1.86. The molecule has 0 radical (unpaired) electrons. The molecule has 22 heavy (non-hydrogen) atoms. The van der Waals surface area contributed by atoms with Gasteiger partial charge in [0.1, 0.15) is 5.69 Å². The van der Waals surface area contributed by atoms with E-state index in [-0.39, 0.29) is 11.8 Å². The van der Waals surface area contributed by atoms with Crippen molar-refractivity contribution in [2.45, 2.75) is 6.92 Å². The maximum Gasteiger partial charge on any atom is 0.319 e. The standard InChI is InChI=1S/C9H10N6O.C6H4/c1-5-2-3-11-6(4-5)7-12-8(15-10)14-9(16)13-7;1-2-6-4-3-5(1)6/h2-4H,10H2,1H3,(H2,12,13,14,15,16);1-4H. The van der Waals surface area contributed by atoms with E-state index in [0.29, 0.717) is 5.69 Å². The SMILES string of the molecule is Cc1ccnc(-c2nc(O)nc(NN)n2)c1.c1cc2ccc1-2. The molecule has 2 aliphatic rings. The predicted octanol–water partition coefficient (Wildman–Crippen LogP) is 1.90. The number of nitrogens with zero attached hydrogens (tertiary/aromatic N) is 4. The smallest absolute Gasteiger partial charge is 0.319 e. The van der Waals surface area contributed by atoms with Gasteiger partial charge in [0.25, 0.3) is 0 Å². The lowest BCUT2D eigenvalue weighted by atomic mass is 9.95. The first-order valence-electron chi connectivity index (χ1n) is 6.61. The van der Waals surface area contributed by atoms with Crippen LogP contribution in [0.15, 0.2) is 42.6 Å². The summed E-state index contributed by atoms with van der Waals surface area (Å²) in [5.74, 6) is 5.52. The summed E-state index contributed by atoms with van der Waals surface area (Å²) >= 11 is 0. The molecule has 2 heterocycles. The predicted molar refractivity (Wildman–Crippen MR) is 82.7 cm³/mol. The molecule has 0 aromatic carbocycles. The Hall–Kier alpha value is -3.06. The normalized spacial score (nSPS) is 10.5. The van der Waals surface area contributed by atoms with Gasteiger partial charge in [-0.05, 0) is 35.7 Å². The largest absolute Gasteiger partial charge is 0.479 e. The number of hydrogen-bond donors (Lipinski definition) is 3. The zero-order chi connectivity index (χ0) is 15.5. The summed E-state index contributed by atoms with van der Waals surface area (Å²) in [5, 5.41) is 9.27. The number of nitrogen functional groups attached to an aromatic ring is 1. The number of hydrogen-bond acceptors (Lipinski definition) is 7. The summed E-state index contributed by atoms with van der Waals surface area (Å²) in [4.78, 5) is 15.4. The van der Waals surface area contributed by atoms with Crippen molar-refractivity contribution in [1.29, 1.82) is 0 Å². The van der Waals surface area contributed by atoms with Gasteiger partial charge in [0, 0.05) is 6.20 Å². The number of aromatic nitrogens is 4. The van der Waals surface area contributed by atoms with Gasteiger partial charge >= 0.3 is 6.01 Å². The molecule has 0 saturated heterocycles. The number of hydrazine groups is 1. The summed E-state index contributed by atoms with van der Waals surface area (Å²) in [7, 11) is 0. The number of rotatable bonds is 2. The molecule has 0 bridgehead atoms. The Kier molecular flexibility index (Phi) is 3.63. The molecular weight excluding hydrogens is 280 g/mol. The second kappa shape index (κ2) is 5.74. The zero-order valence-electron chi connectivity index (χ0n) is 11.9. The Balaban J connectivity index is 0.000000196. The summed E-state index contributed by atoms with van der Waals surface area (Å²) in [5.41, 5.74) is 6.67. The topological polar surface area (TPSA) is 110 Å². The number of anilines is 1. The van der Waals surface area contributed by atoms with Crippen LogP contribution in [0.2, 0.25) is 0 Å². The molecule has 0 spiro atoms. The molecule has 2 aliphatic carbocycles. The Morgan fingerprint density at radius 2 is 1.68 bits per heavy atom. The van der Waals surface area contributed by atoms with Gasteiger partial charge in [-0.1, -0.05) is 24.3 Å². The molecule has 4 rings (SSSR count). The van der Waals surface area contributed by atoms with Crippen LogP contribution < -0.4 is 11.3 Å². The second-order valence-corrected chi connectivity index (χ2v) is 4.72. The lowest BCUT2D eigenvalue weighted by Gasteiger charge is -2.10. The van der Waals surface area contributed by atoms with Gasteiger partial charge in [0.15, 0.2) is 5.82 Å². The molecule has 7 heteroatoms. The van der Waals surface area contributed by atoms with Gasteiger partial charge in [0.05, 0.1) is 0 Å². The highest BCUT2D eigenvalue weighted by Gasteiger charge is 2.08. The lowest BCUT2D eigenvalue weighted by Crippen LogP contribution is -2.11. The number of fused-ring (bicyclic) bond motifs is 1. The third-order valence-electron chi connectivity index (χ3n) is 3.12. The summed E-state index contributed by atoms with van der Waals surface area (Å²) < 4.78 is 0. The minimum Gasteiger partial charge on any atom is -0.479 e. The third kappa shape index (κ3) is 2.84. The molecule has 4 N–H and O–H groups in total. The van der Waals surface area contributed by atoms with Crippen molar-refractivity contribution in [3.05, 3.63) is 48.2 Å². The zero-order valence-corrected chi connectivity index (χ0v) is 11.9. The monoisotopic (exact) mass is 294 g/mol. The molecule has 0 aliphatic heterocycles. The van der Waals surface area contributed by atoms with E-state index in [4.69, 9.17) is 5.84 Å². The van der Waals surface area contributed by atoms with Gasteiger partial charge < -0.3 is 5.11 Å². The fourth-order valence-corrected chi connectivity index (χ4v) is 1.86. The van der Waals surface area contributed by atoms with Crippen LogP contribution in [-0.4, -0.2) is 25.0 Å². The van der Waals surface area contributed by atoms with E-state index in [1.54, 1.807) is 12.3 Å². The number of aromatic hydroxyl groups is 1. The Morgan fingerprint density at radius 1 is 1.00 bits per heavy atom. The number of benzene rings is 1. The molecule has 2 aromatic heterocycles. The van der Waals surface area contributed by atoms with Crippen LogP contribution in [0.3, 0.4) is 0 Å². The quantitative estimate of drug-likeness (QED) is 0.382. The first kappa shape index (κ1) is 13.9. The first-order chi connectivity index (χ1) is 10.7. The molecule has 7 nitrogen and oxygen atoms in total. The van der Waals surface area contributed by atoms with Crippen LogP contribution in [-0.2, 0) is 0 Å². The summed E-state index contributed by atoms with van der Waals surface area (Å²) in [6.07, 6.45) is 1.64. The average Bonchev–Trinajstić information content (AvgIpc) is 2.51. The fraction of sp³-hybridized carbons (Fsp3) is 0.0667. The van der Waals surface area contributed by atoms with Crippen LogP contribution in [0.1, 0.15) is 5.56 Å². The van der Waals surface area contributed by atoms with Crippen molar-refractivity contribution < 1.29 is 5.11 Å². The van der Waals surface area contributed by atoms with E-state index in [1.165, 1.54) is 11.1 Å². The van der Waals surface area contributed by atoms with Crippen molar-refractivity contribution in [1.82, 2.24) is 19.9 Å². The number of pyridine rings is 1. The average molecular weight is 294 g/mol. The highest BCUT2D eigenvalue weighted by Crippen LogP contribution is 2.29. The second-order valence-electron chi connectivity index (χ2n) is 4.72. The van der Waals surface area contributed by atoms with E-state index in [2.05, 4.69) is 49.6 Å². The first-order valence-corrected chi connectivity index (χ1v) is 6.61. The van der Waals surface area contributed by atoms with Crippen molar-refractivity contribution in [2.24, 2.45) is 5.84 Å². The summed E-state index contributed by atoms with van der Waals surface area (Å²) in [6.45, 7) is 1.92. The van der Waals surface area contributed by atoms with Crippen LogP contribution in [0.4, 0.5) is 5.95 Å². The van der Waals surface area contributed by atoms with Crippen molar-refractivity contribution >= 4 is 5.95 Å². The van der Waals surface area contributed by atoms with Crippen LogP contribution in [0.5, 0.6) is 6.01 Å². The van der Waals surface area contributed by atoms with Crippen LogP contribution in [0.25, 0.3) is 22.6 Å². The van der Waals surface area contributed by atoms with Crippen molar-refractivity contribution in [3.8, 4) is 28.7 Å². The lowest BCUT2D eigenvalue weighted by molar-refractivity contribution is 0.429. The van der Waals surface area contributed by atoms with Gasteiger partial charge in [-0.3, -0.25) is 10.4 Å². The van der Waals surface area contributed by atoms with Gasteiger partial charge in [-0.15, -0.1) is 0 Å². The number of nitrogens with one attached hydrogen (secondary N) is 1. The van der Waals surface area contributed by atoms with E-state index < -0.39 is 6.01 Å². The van der Waals surface area contributed by atoms with Crippen LogP contribution >= 0.6 is 0 Å². The maximum absolute atomic E-state index is 9.27. The molecule has 0 unspecified atom stereocenters. The minimum atomic E-state index is -0.402. The highest BCUT2D eigenvalue weighted by molar-refractivity contribution is 5.75. The van der Waals surface area contributed by atoms with Crippen molar-refractivity contribution in [3.63, 3.8) is 0 Å². The van der Waals surface area contributed by atoms with E-state index in [9.17, 15) is 5.11 Å². The minimum absolute atomic E-state index is 0.0887. The summed E-state index contributed by atoms with van der Waals surface area (Å²) in [6, 6.07) is 11.7. The molecule has 0 saturated carbocycles. The molecule has 2 aromatic rings. The van der Waals surface area contributed by atoms with E-state index >= 15 is 0 Å². The molecule has 0 amide bonds. The Bertz CT molecular complexity index is 782. The number of aryl methyl sites for hydroxylation is 1. The van der Waals surface area contributed by atoms with Gasteiger partial charge in [0.2, 0.25) is 5.95 Å². The van der Waals surface area contributed by atoms with E-state index in [1.807, 2.05) is 13.0 Å². The third-order valence-corrected chi connectivity index (χ3v) is 3.12. The maximum atomic E-state index is 9.27. The van der Waals surface area contributed by atoms with E-state index in [0.717, 1.165) is 5.56 Å². The number of nitrogens with two attached hydrogens (primary N) is 1. The van der Waals surface area contributed by atoms with Crippen LogP contribution in [0, 0.1) is 6.92 Å². The van der Waals surface area contributed by atoms with Gasteiger partial charge in [-0.2, -0.15) is 15.0 Å². The molecule has 110 valence electrons. The Labute approximate surface area is 126 Å². The molecule has 0 fully saturated rings.